The number of fused-ring (bicyclic) bond motifs is 1. The zero-order valence-corrected chi connectivity index (χ0v) is 36.7. The fourth-order valence-corrected chi connectivity index (χ4v) is 9.31. The number of hydrogen-bond donors (Lipinski definition) is 3. The van der Waals surface area contributed by atoms with Crippen molar-refractivity contribution in [3.63, 3.8) is 0 Å². The fraction of sp³-hybridized carbons (Fsp3) is 0.347. The Balaban J connectivity index is 0.902. The lowest BCUT2D eigenvalue weighted by Crippen LogP contribution is -2.55. The summed E-state index contributed by atoms with van der Waals surface area (Å²) in [5, 5.41) is 8.04. The molecule has 336 valence electrons. The van der Waals surface area contributed by atoms with Crippen LogP contribution >= 0.6 is 0 Å². The largest absolute Gasteiger partial charge is 0.453 e. The average molecular weight is 881 g/mol. The Bertz CT molecular complexity index is 2680. The molecule has 3 aliphatic heterocycles. The van der Waals surface area contributed by atoms with Gasteiger partial charge in [-0.1, -0.05) is 92.7 Å². The number of aldehydes is 1. The second-order valence-electron chi connectivity index (χ2n) is 17.0. The minimum absolute atomic E-state index is 0.175. The van der Waals surface area contributed by atoms with E-state index in [2.05, 4.69) is 63.8 Å². The van der Waals surface area contributed by atoms with Crippen molar-refractivity contribution in [2.24, 2.45) is 5.92 Å². The van der Waals surface area contributed by atoms with Crippen molar-refractivity contribution in [1.82, 2.24) is 40.2 Å². The SMILES string of the molecule is COC(=O)N[C@@H](C(=O)N1CCC[C@H]1c1ncc(-c2ccc3cc(-c4ccc(-c5cnc([C@@H]6CC7(CN6N(C(=O)OC)C(C=O)C(C)C)OCCO7)[nH]5)cc4)ccc3c2)[nH]1)c1ccccc1. The van der Waals surface area contributed by atoms with E-state index >= 15 is 0 Å². The standard InChI is InChI=1S/C49H52N8O8/c1-30(2)42(28-58)57(48(61)63-4)56-29-49(64-21-22-65-49)25-41(56)45-51-26-38(52-45)32-14-12-31(13-15-32)34-16-17-36-24-37(19-18-35(36)23-34)39-27-50-44(53-39)40-11-8-20-55(40)46(59)43(54-47(60)62-3)33-9-6-5-7-10-33/h5-7,9-10,12-19,23-24,26-28,30,40-43H,8,11,20-22,25,29H2,1-4H3,(H,50,53)(H,51,52)(H,54,60)/t40-,41-,42?,43+/m0/s1. The van der Waals surface area contributed by atoms with Gasteiger partial charge in [0.25, 0.3) is 5.91 Å². The second kappa shape index (κ2) is 18.3. The average Bonchev–Trinajstić information content (AvgIpc) is 4.21. The Labute approximate surface area is 376 Å². The lowest BCUT2D eigenvalue weighted by Gasteiger charge is -2.39. The fourth-order valence-electron chi connectivity index (χ4n) is 9.31. The summed E-state index contributed by atoms with van der Waals surface area (Å²) in [6.07, 6.45) is 4.99. The zero-order valence-electron chi connectivity index (χ0n) is 36.7. The lowest BCUT2D eigenvalue weighted by atomic mass is 9.98. The first-order chi connectivity index (χ1) is 31.6. The maximum atomic E-state index is 14.0. The molecule has 3 N–H and O–H groups in total. The van der Waals surface area contributed by atoms with Gasteiger partial charge >= 0.3 is 12.2 Å². The number of imidazole rings is 2. The van der Waals surface area contributed by atoms with E-state index in [4.69, 9.17) is 28.9 Å². The number of aromatic nitrogens is 4. The molecule has 0 saturated carbocycles. The molecule has 6 aromatic rings. The van der Waals surface area contributed by atoms with Crippen LogP contribution in [0.1, 0.15) is 68.4 Å². The van der Waals surface area contributed by atoms with Gasteiger partial charge in [0.1, 0.15) is 30.0 Å². The molecule has 1 spiro atoms. The van der Waals surface area contributed by atoms with E-state index in [-0.39, 0.29) is 24.4 Å². The Morgan fingerprint density at radius 1 is 0.815 bits per heavy atom. The third kappa shape index (κ3) is 8.59. The normalized spacial score (nSPS) is 19.1. The highest BCUT2D eigenvalue weighted by Gasteiger charge is 2.54. The molecule has 0 aliphatic carbocycles. The summed E-state index contributed by atoms with van der Waals surface area (Å²) in [6.45, 7) is 5.41. The third-order valence-corrected chi connectivity index (χ3v) is 12.7. The van der Waals surface area contributed by atoms with Crippen molar-refractivity contribution in [2.45, 2.75) is 63.1 Å². The monoisotopic (exact) mass is 880 g/mol. The van der Waals surface area contributed by atoms with E-state index in [1.807, 2.05) is 62.5 Å². The maximum Gasteiger partial charge on any atom is 0.424 e. The van der Waals surface area contributed by atoms with Crippen LogP contribution in [0, 0.1) is 5.92 Å². The Morgan fingerprint density at radius 2 is 1.43 bits per heavy atom. The Kier molecular flexibility index (Phi) is 12.2. The van der Waals surface area contributed by atoms with Crippen LogP contribution < -0.4 is 5.32 Å². The maximum absolute atomic E-state index is 14.0. The number of alkyl carbamates (subject to hydrolysis) is 1. The van der Waals surface area contributed by atoms with Gasteiger partial charge in [0, 0.05) is 18.5 Å². The van der Waals surface area contributed by atoms with Crippen molar-refractivity contribution in [1.29, 1.82) is 0 Å². The quantitative estimate of drug-likeness (QED) is 0.102. The van der Waals surface area contributed by atoms with Gasteiger partial charge in [-0.3, -0.25) is 4.79 Å². The molecule has 9 rings (SSSR count). The van der Waals surface area contributed by atoms with E-state index in [0.717, 1.165) is 63.5 Å². The number of nitrogens with one attached hydrogen (secondary N) is 3. The second-order valence-corrected chi connectivity index (χ2v) is 17.0. The van der Waals surface area contributed by atoms with Gasteiger partial charge < -0.3 is 43.9 Å². The van der Waals surface area contributed by atoms with Crippen LogP contribution in [0.2, 0.25) is 0 Å². The number of rotatable bonds is 12. The first-order valence-corrected chi connectivity index (χ1v) is 21.9. The molecule has 4 aromatic carbocycles. The number of aromatic amines is 2. The highest BCUT2D eigenvalue weighted by atomic mass is 16.7. The van der Waals surface area contributed by atoms with Crippen LogP contribution in [0.5, 0.6) is 0 Å². The molecule has 16 nitrogen and oxygen atoms in total. The highest BCUT2D eigenvalue weighted by molar-refractivity contribution is 5.91. The Morgan fingerprint density at radius 3 is 2.08 bits per heavy atom. The van der Waals surface area contributed by atoms with E-state index in [9.17, 15) is 19.2 Å². The van der Waals surface area contributed by atoms with Crippen LogP contribution in [0.15, 0.2) is 103 Å². The van der Waals surface area contributed by atoms with Crippen LogP contribution in [-0.4, -0.2) is 112 Å². The minimum Gasteiger partial charge on any atom is -0.453 e. The molecule has 3 aliphatic rings. The molecule has 2 aromatic heterocycles. The first-order valence-electron chi connectivity index (χ1n) is 21.9. The molecule has 0 bridgehead atoms. The van der Waals surface area contributed by atoms with Gasteiger partial charge in [-0.25, -0.2) is 24.6 Å². The van der Waals surface area contributed by atoms with Crippen LogP contribution in [0.3, 0.4) is 0 Å². The van der Waals surface area contributed by atoms with Gasteiger partial charge in [-0.15, -0.1) is 0 Å². The van der Waals surface area contributed by atoms with E-state index < -0.39 is 36.1 Å². The third-order valence-electron chi connectivity index (χ3n) is 12.7. The summed E-state index contributed by atoms with van der Waals surface area (Å²) in [6, 6.07) is 27.7. The molecule has 3 amide bonds. The van der Waals surface area contributed by atoms with Gasteiger partial charge in [0.2, 0.25) is 0 Å². The number of amides is 3. The van der Waals surface area contributed by atoms with Crippen molar-refractivity contribution in [2.75, 3.05) is 40.5 Å². The molecule has 3 saturated heterocycles. The summed E-state index contributed by atoms with van der Waals surface area (Å²) in [5.41, 5.74) is 6.33. The predicted molar refractivity (Wildman–Crippen MR) is 241 cm³/mol. The predicted octanol–water partition coefficient (Wildman–Crippen LogP) is 7.74. The van der Waals surface area contributed by atoms with Crippen LogP contribution in [0.4, 0.5) is 9.59 Å². The van der Waals surface area contributed by atoms with Gasteiger partial charge in [0.15, 0.2) is 5.79 Å². The molecular weight excluding hydrogens is 829 g/mol. The topological polar surface area (TPSA) is 184 Å². The van der Waals surface area contributed by atoms with Gasteiger partial charge in [0.05, 0.1) is 69.8 Å². The summed E-state index contributed by atoms with van der Waals surface area (Å²) in [7, 11) is 2.58. The van der Waals surface area contributed by atoms with Gasteiger partial charge in [-0.05, 0) is 63.9 Å². The van der Waals surface area contributed by atoms with Crippen molar-refractivity contribution < 1.29 is 38.1 Å². The smallest absolute Gasteiger partial charge is 0.424 e. The Hall–Kier alpha value is -6.88. The number of hydrazine groups is 1. The number of ether oxygens (including phenoxy) is 4. The van der Waals surface area contributed by atoms with Crippen molar-refractivity contribution in [3.05, 3.63) is 121 Å². The van der Waals surface area contributed by atoms with Crippen molar-refractivity contribution in [3.8, 4) is 33.6 Å². The van der Waals surface area contributed by atoms with Gasteiger partial charge in [-0.2, -0.15) is 5.01 Å². The summed E-state index contributed by atoms with van der Waals surface area (Å²) >= 11 is 0. The van der Waals surface area contributed by atoms with Crippen LogP contribution in [0.25, 0.3) is 44.4 Å². The number of carbonyl (C=O) groups excluding carboxylic acids is 4. The molecule has 4 atom stereocenters. The lowest BCUT2D eigenvalue weighted by molar-refractivity contribution is -0.160. The number of carbonyl (C=O) groups is 4. The number of nitrogens with zero attached hydrogens (tertiary/aromatic N) is 5. The molecule has 3 fully saturated rings. The summed E-state index contributed by atoms with van der Waals surface area (Å²) < 4.78 is 22.2. The van der Waals surface area contributed by atoms with E-state index in [1.54, 1.807) is 16.1 Å². The number of benzene rings is 4. The number of methoxy groups -OCH3 is 2. The van der Waals surface area contributed by atoms with E-state index in [0.29, 0.717) is 43.4 Å². The van der Waals surface area contributed by atoms with E-state index in [1.165, 1.54) is 19.2 Å². The highest BCUT2D eigenvalue weighted by Crippen LogP contribution is 2.44. The molecule has 1 unspecified atom stereocenters. The van der Waals surface area contributed by atoms with Crippen molar-refractivity contribution >= 4 is 35.2 Å². The molecule has 16 heteroatoms. The molecule has 65 heavy (non-hydrogen) atoms. The molecule has 5 heterocycles. The first kappa shape index (κ1) is 43.4. The summed E-state index contributed by atoms with van der Waals surface area (Å²) in [4.78, 5) is 70.0. The minimum atomic E-state index is -0.943. The number of hydrogen-bond acceptors (Lipinski definition) is 11. The van der Waals surface area contributed by atoms with Crippen LogP contribution in [-0.2, 0) is 28.5 Å². The molecular formula is C49H52N8O8. The molecule has 0 radical (unpaired) electrons. The number of H-pyrrole nitrogens is 2. The summed E-state index contributed by atoms with van der Waals surface area (Å²) in [5.74, 6) is -0.0264. The zero-order chi connectivity index (χ0) is 45.2. The number of likely N-dealkylation sites (tertiary alicyclic amines) is 1.